The molecule has 2 fully saturated rings. The van der Waals surface area contributed by atoms with Crippen molar-refractivity contribution < 1.29 is 9.18 Å². The zero-order valence-corrected chi connectivity index (χ0v) is 16.5. The van der Waals surface area contributed by atoms with Gasteiger partial charge in [-0.3, -0.25) is 4.79 Å². The average molecular weight is 381 g/mol. The highest BCUT2D eigenvalue weighted by Gasteiger charge is 2.39. The minimum absolute atomic E-state index is 0.0341. The predicted octanol–water partition coefficient (Wildman–Crippen LogP) is 3.55. The molecule has 1 aliphatic heterocycles. The summed E-state index contributed by atoms with van der Waals surface area (Å²) in [5.74, 6) is 0.623. The highest BCUT2D eigenvalue weighted by Crippen LogP contribution is 2.40. The molecule has 0 radical (unpaired) electrons. The van der Waals surface area contributed by atoms with Crippen LogP contribution in [0, 0.1) is 11.7 Å². The van der Waals surface area contributed by atoms with Crippen molar-refractivity contribution in [2.45, 2.75) is 38.3 Å². The molecule has 2 N–H and O–H groups in total. The van der Waals surface area contributed by atoms with E-state index in [1.165, 1.54) is 18.1 Å². The number of amides is 1. The van der Waals surface area contributed by atoms with E-state index in [0.29, 0.717) is 29.1 Å². The predicted molar refractivity (Wildman–Crippen MR) is 110 cm³/mol. The maximum atomic E-state index is 14.5. The lowest BCUT2D eigenvalue weighted by Gasteiger charge is -2.41. The first-order valence-electron chi connectivity index (χ1n) is 10.1. The lowest BCUT2D eigenvalue weighted by atomic mass is 9.98. The van der Waals surface area contributed by atoms with E-state index < -0.39 is 0 Å². The zero-order valence-electron chi connectivity index (χ0n) is 16.5. The molecule has 4 rings (SSSR count). The number of benzene rings is 2. The number of nitrogens with zero attached hydrogens (tertiary/aromatic N) is 1. The minimum Gasteiger partial charge on any atom is -0.368 e. The number of rotatable bonds is 7. The Balaban J connectivity index is 1.24. The quantitative estimate of drug-likeness (QED) is 0.771. The smallest absolute Gasteiger partial charge is 0.251 e. The Kier molecular flexibility index (Phi) is 5.36. The monoisotopic (exact) mass is 381 g/mol. The molecule has 1 heterocycles. The summed E-state index contributed by atoms with van der Waals surface area (Å²) in [5, 5.41) is 6.45. The molecule has 28 heavy (non-hydrogen) atoms. The molecule has 4 nitrogen and oxygen atoms in total. The Morgan fingerprint density at radius 2 is 1.93 bits per heavy atom. The Hall–Kier alpha value is -2.40. The second-order valence-electron chi connectivity index (χ2n) is 8.33. The first-order chi connectivity index (χ1) is 13.5. The maximum absolute atomic E-state index is 14.5. The van der Waals surface area contributed by atoms with E-state index in [4.69, 9.17) is 0 Å². The molecule has 1 saturated carbocycles. The summed E-state index contributed by atoms with van der Waals surface area (Å²) in [6.07, 6.45) is 1.20. The molecule has 2 aromatic carbocycles. The molecular formula is C23H28FN3O. The van der Waals surface area contributed by atoms with E-state index >= 15 is 0 Å². The van der Waals surface area contributed by atoms with Gasteiger partial charge in [0, 0.05) is 49.1 Å². The van der Waals surface area contributed by atoms with E-state index in [1.54, 1.807) is 12.1 Å². The first kappa shape index (κ1) is 18.9. The largest absolute Gasteiger partial charge is 0.368 e. The van der Waals surface area contributed by atoms with Crippen LogP contribution < -0.4 is 15.5 Å². The maximum Gasteiger partial charge on any atom is 0.251 e. The van der Waals surface area contributed by atoms with Gasteiger partial charge >= 0.3 is 0 Å². The molecule has 1 saturated heterocycles. The molecule has 0 spiro atoms. The number of hydrogen-bond acceptors (Lipinski definition) is 3. The molecule has 1 amide bonds. The molecule has 0 aromatic heterocycles. The minimum atomic E-state index is -0.325. The van der Waals surface area contributed by atoms with E-state index in [-0.39, 0.29) is 17.8 Å². The van der Waals surface area contributed by atoms with Gasteiger partial charge in [0.2, 0.25) is 0 Å². The van der Waals surface area contributed by atoms with Gasteiger partial charge in [0.25, 0.3) is 5.91 Å². The lowest BCUT2D eigenvalue weighted by Crippen LogP contribution is -2.51. The summed E-state index contributed by atoms with van der Waals surface area (Å²) in [6.45, 7) is 6.45. The summed E-state index contributed by atoms with van der Waals surface area (Å²) >= 11 is 0. The van der Waals surface area contributed by atoms with Gasteiger partial charge < -0.3 is 15.5 Å². The van der Waals surface area contributed by atoms with Crippen molar-refractivity contribution in [3.63, 3.8) is 0 Å². The van der Waals surface area contributed by atoms with E-state index in [9.17, 15) is 9.18 Å². The van der Waals surface area contributed by atoms with Crippen LogP contribution in [-0.4, -0.2) is 37.6 Å². The molecule has 0 unspecified atom stereocenters. The van der Waals surface area contributed by atoms with Crippen LogP contribution in [-0.2, 0) is 0 Å². The summed E-state index contributed by atoms with van der Waals surface area (Å²) in [5.41, 5.74) is 2.37. The third-order valence-corrected chi connectivity index (χ3v) is 5.61. The Morgan fingerprint density at radius 3 is 2.61 bits per heavy atom. The van der Waals surface area contributed by atoms with Crippen LogP contribution in [0.3, 0.4) is 0 Å². The van der Waals surface area contributed by atoms with Crippen molar-refractivity contribution >= 4 is 11.6 Å². The van der Waals surface area contributed by atoms with Gasteiger partial charge in [-0.2, -0.15) is 0 Å². The van der Waals surface area contributed by atoms with Gasteiger partial charge in [-0.1, -0.05) is 30.3 Å². The van der Waals surface area contributed by atoms with E-state index in [2.05, 4.69) is 41.0 Å². The van der Waals surface area contributed by atoms with Gasteiger partial charge in [-0.05, 0) is 44.0 Å². The van der Waals surface area contributed by atoms with E-state index in [1.807, 2.05) is 18.7 Å². The van der Waals surface area contributed by atoms with Gasteiger partial charge in [0.15, 0.2) is 0 Å². The van der Waals surface area contributed by atoms with Gasteiger partial charge in [0.05, 0.1) is 5.69 Å². The molecule has 0 bridgehead atoms. The zero-order chi connectivity index (χ0) is 19.7. The number of anilines is 1. The van der Waals surface area contributed by atoms with Crippen LogP contribution >= 0.6 is 0 Å². The highest BCUT2D eigenvalue weighted by molar-refractivity contribution is 5.94. The fourth-order valence-corrected chi connectivity index (χ4v) is 3.95. The average Bonchev–Trinajstić information content (AvgIpc) is 3.41. The third kappa shape index (κ3) is 4.20. The number of halogens is 1. The van der Waals surface area contributed by atoms with Crippen molar-refractivity contribution in [3.8, 4) is 0 Å². The molecule has 5 heteroatoms. The van der Waals surface area contributed by atoms with Crippen molar-refractivity contribution in [2.24, 2.45) is 5.92 Å². The van der Waals surface area contributed by atoms with Crippen molar-refractivity contribution in [3.05, 3.63) is 65.5 Å². The first-order valence-corrected chi connectivity index (χ1v) is 10.1. The van der Waals surface area contributed by atoms with Crippen LogP contribution in [0.25, 0.3) is 0 Å². The fraction of sp³-hybridized carbons (Fsp3) is 0.435. The third-order valence-electron chi connectivity index (χ3n) is 5.61. The van der Waals surface area contributed by atoms with Crippen LogP contribution in [0.5, 0.6) is 0 Å². The van der Waals surface area contributed by atoms with Crippen LogP contribution in [0.15, 0.2) is 48.5 Å². The Morgan fingerprint density at radius 1 is 1.18 bits per heavy atom. The molecular weight excluding hydrogens is 353 g/mol. The second-order valence-corrected chi connectivity index (χ2v) is 8.33. The van der Waals surface area contributed by atoms with Crippen molar-refractivity contribution in [1.82, 2.24) is 10.6 Å². The molecule has 2 aliphatic rings. The van der Waals surface area contributed by atoms with Crippen LogP contribution in [0.1, 0.15) is 42.1 Å². The second kappa shape index (κ2) is 7.92. The van der Waals surface area contributed by atoms with Crippen LogP contribution in [0.2, 0.25) is 0 Å². The molecule has 2 aromatic rings. The number of nitrogens with one attached hydrogen (secondary N) is 2. The van der Waals surface area contributed by atoms with Gasteiger partial charge in [-0.25, -0.2) is 4.39 Å². The number of hydrogen-bond donors (Lipinski definition) is 2. The molecule has 1 aliphatic carbocycles. The summed E-state index contributed by atoms with van der Waals surface area (Å²) < 4.78 is 14.5. The molecule has 148 valence electrons. The number of carbonyl (C=O) groups excluding carboxylic acids is 1. The Bertz CT molecular complexity index is 833. The standard InChI is InChI=1S/C23H28FN3O/c1-15(2)26-23(28)18-8-9-22(20(24)10-18)27-13-16(14-27)12-25-21-11-19(21)17-6-4-3-5-7-17/h3-10,15-16,19,21,25H,11-14H2,1-2H3,(H,26,28)/t19-,21+/m0/s1. The summed E-state index contributed by atoms with van der Waals surface area (Å²) in [7, 11) is 0. The summed E-state index contributed by atoms with van der Waals surface area (Å²) in [6, 6.07) is 16.0. The lowest BCUT2D eigenvalue weighted by molar-refractivity contribution is 0.0942. The summed E-state index contributed by atoms with van der Waals surface area (Å²) in [4.78, 5) is 14.1. The number of carbonyl (C=O) groups is 1. The normalized spacial score (nSPS) is 21.5. The van der Waals surface area contributed by atoms with Crippen molar-refractivity contribution in [2.75, 3.05) is 24.5 Å². The van der Waals surface area contributed by atoms with E-state index in [0.717, 1.165) is 19.6 Å². The Labute approximate surface area is 166 Å². The van der Waals surface area contributed by atoms with Gasteiger partial charge in [-0.15, -0.1) is 0 Å². The topological polar surface area (TPSA) is 44.4 Å². The van der Waals surface area contributed by atoms with Crippen LogP contribution in [0.4, 0.5) is 10.1 Å². The highest BCUT2D eigenvalue weighted by atomic mass is 19.1. The van der Waals surface area contributed by atoms with Gasteiger partial charge in [0.1, 0.15) is 5.82 Å². The SMILES string of the molecule is CC(C)NC(=O)c1ccc(N2CC(CN[C@@H]3C[C@H]3c3ccccc3)C2)c(F)c1. The van der Waals surface area contributed by atoms with Crippen molar-refractivity contribution in [1.29, 1.82) is 0 Å². The fourth-order valence-electron chi connectivity index (χ4n) is 3.95. The molecule has 2 atom stereocenters.